The molecule has 2 aromatic heterocycles. The van der Waals surface area contributed by atoms with Crippen molar-refractivity contribution in [2.75, 3.05) is 0 Å². The van der Waals surface area contributed by atoms with Gasteiger partial charge in [-0.1, -0.05) is 0 Å². The Morgan fingerprint density at radius 1 is 0.840 bits per heavy atom. The highest BCUT2D eigenvalue weighted by Crippen LogP contribution is 2.34. The molecule has 0 fully saturated rings. The van der Waals surface area contributed by atoms with E-state index < -0.39 is 11.6 Å². The molecule has 2 N–H and O–H groups in total. The van der Waals surface area contributed by atoms with Gasteiger partial charge in [0.2, 0.25) is 0 Å². The Kier molecular flexibility index (Phi) is 3.50. The molecule has 4 rings (SSSR count). The minimum absolute atomic E-state index is 0.121. The first-order valence-electron chi connectivity index (χ1n) is 7.50. The van der Waals surface area contributed by atoms with Gasteiger partial charge in [0, 0.05) is 28.9 Å². The Morgan fingerprint density at radius 2 is 1.64 bits per heavy atom. The molecule has 2 heterocycles. The first-order chi connectivity index (χ1) is 12.1. The van der Waals surface area contributed by atoms with Crippen LogP contribution in [0.1, 0.15) is 0 Å². The van der Waals surface area contributed by atoms with Crippen LogP contribution in [0.25, 0.3) is 33.3 Å². The summed E-state index contributed by atoms with van der Waals surface area (Å²) in [6, 6.07) is 10.8. The summed E-state index contributed by atoms with van der Waals surface area (Å²) < 4.78 is 13.7. The van der Waals surface area contributed by atoms with Crippen molar-refractivity contribution in [3.05, 3.63) is 67.0 Å². The van der Waals surface area contributed by atoms with Crippen LogP contribution in [0, 0.1) is 5.82 Å². The van der Waals surface area contributed by atoms with E-state index >= 15 is 0 Å². The molecule has 2 aromatic carbocycles. The molecular formula is C19H12FN3O2. The van der Waals surface area contributed by atoms with Crippen molar-refractivity contribution in [1.82, 2.24) is 15.0 Å². The van der Waals surface area contributed by atoms with Crippen molar-refractivity contribution >= 4 is 10.9 Å². The number of phenolic OH excluding ortho intramolecular Hbond substituents is 2. The van der Waals surface area contributed by atoms with E-state index in [1.54, 1.807) is 42.7 Å². The van der Waals surface area contributed by atoms with Gasteiger partial charge in [-0.3, -0.25) is 0 Å². The van der Waals surface area contributed by atoms with Gasteiger partial charge in [-0.15, -0.1) is 0 Å². The van der Waals surface area contributed by atoms with Crippen molar-refractivity contribution in [2.45, 2.75) is 0 Å². The molecule has 0 saturated heterocycles. The number of pyridine rings is 1. The molecule has 0 unspecified atom stereocenters. The SMILES string of the molecule is Oc1ccc2nc(-c3ccc(O)c(F)c3)cc(-c3cncnc3)c2c1. The van der Waals surface area contributed by atoms with Crippen LogP contribution in [-0.2, 0) is 0 Å². The van der Waals surface area contributed by atoms with Crippen LogP contribution in [0.2, 0.25) is 0 Å². The van der Waals surface area contributed by atoms with Crippen LogP contribution in [0.5, 0.6) is 11.5 Å². The number of phenols is 2. The number of rotatable bonds is 2. The zero-order valence-electron chi connectivity index (χ0n) is 12.9. The number of aromatic hydroxyl groups is 2. The molecule has 0 spiro atoms. The fraction of sp³-hybridized carbons (Fsp3) is 0. The topological polar surface area (TPSA) is 79.1 Å². The minimum Gasteiger partial charge on any atom is -0.508 e. The average molecular weight is 333 g/mol. The highest BCUT2D eigenvalue weighted by Gasteiger charge is 2.12. The molecule has 4 aromatic rings. The molecule has 6 heteroatoms. The molecule has 0 aliphatic rings. The molecule has 122 valence electrons. The molecule has 0 aliphatic heterocycles. The highest BCUT2D eigenvalue weighted by atomic mass is 19.1. The van der Waals surface area contributed by atoms with Crippen LogP contribution < -0.4 is 0 Å². The molecule has 0 aliphatic carbocycles. The third-order valence-corrected chi connectivity index (χ3v) is 3.91. The molecule has 25 heavy (non-hydrogen) atoms. The maximum atomic E-state index is 13.7. The maximum Gasteiger partial charge on any atom is 0.165 e. The number of nitrogens with zero attached hydrogens (tertiary/aromatic N) is 3. The van der Waals surface area contributed by atoms with Gasteiger partial charge in [0.1, 0.15) is 12.1 Å². The Morgan fingerprint density at radius 3 is 2.40 bits per heavy atom. The summed E-state index contributed by atoms with van der Waals surface area (Å²) in [6.45, 7) is 0. The second-order valence-corrected chi connectivity index (χ2v) is 5.55. The van der Waals surface area contributed by atoms with Crippen LogP contribution >= 0.6 is 0 Å². The van der Waals surface area contributed by atoms with Crippen molar-refractivity contribution in [2.24, 2.45) is 0 Å². The summed E-state index contributed by atoms with van der Waals surface area (Å²) in [5.74, 6) is -1.00. The van der Waals surface area contributed by atoms with Crippen molar-refractivity contribution in [1.29, 1.82) is 0 Å². The van der Waals surface area contributed by atoms with Crippen LogP contribution in [0.3, 0.4) is 0 Å². The fourth-order valence-corrected chi connectivity index (χ4v) is 2.70. The molecule has 0 atom stereocenters. The van der Waals surface area contributed by atoms with Gasteiger partial charge < -0.3 is 10.2 Å². The fourth-order valence-electron chi connectivity index (χ4n) is 2.70. The van der Waals surface area contributed by atoms with Gasteiger partial charge >= 0.3 is 0 Å². The van der Waals surface area contributed by atoms with E-state index in [9.17, 15) is 14.6 Å². The molecule has 0 bridgehead atoms. The minimum atomic E-state index is -0.713. The Balaban J connectivity index is 2.01. The van der Waals surface area contributed by atoms with Crippen molar-refractivity contribution in [3.8, 4) is 33.9 Å². The number of fused-ring (bicyclic) bond motifs is 1. The third-order valence-electron chi connectivity index (χ3n) is 3.91. The standard InChI is InChI=1S/C19H12FN3O2/c20-16-5-11(1-4-19(16)25)18-7-14(12-8-21-10-22-9-12)15-6-13(24)2-3-17(15)23-18/h1-10,24-25H. The monoisotopic (exact) mass is 333 g/mol. The normalized spacial score (nSPS) is 10.9. The van der Waals surface area contributed by atoms with Crippen molar-refractivity contribution in [3.63, 3.8) is 0 Å². The van der Waals surface area contributed by atoms with E-state index in [0.717, 1.165) is 16.5 Å². The van der Waals surface area contributed by atoms with Gasteiger partial charge in [0.15, 0.2) is 11.6 Å². The summed E-state index contributed by atoms with van der Waals surface area (Å²) in [4.78, 5) is 12.6. The maximum absolute atomic E-state index is 13.7. The first kappa shape index (κ1) is 15.0. The molecule has 5 nitrogen and oxygen atoms in total. The number of benzene rings is 2. The Bertz CT molecular complexity index is 1080. The van der Waals surface area contributed by atoms with E-state index in [0.29, 0.717) is 16.8 Å². The second-order valence-electron chi connectivity index (χ2n) is 5.55. The number of halogens is 1. The first-order valence-corrected chi connectivity index (χ1v) is 7.50. The lowest BCUT2D eigenvalue weighted by atomic mass is 10.00. The Labute approximate surface area is 142 Å². The smallest absolute Gasteiger partial charge is 0.165 e. The number of hydrogen-bond acceptors (Lipinski definition) is 5. The van der Waals surface area contributed by atoms with E-state index in [2.05, 4.69) is 15.0 Å². The van der Waals surface area contributed by atoms with Crippen LogP contribution in [0.15, 0.2) is 61.2 Å². The third kappa shape index (κ3) is 2.74. The van der Waals surface area contributed by atoms with Gasteiger partial charge in [0.25, 0.3) is 0 Å². The predicted molar refractivity (Wildman–Crippen MR) is 91.5 cm³/mol. The van der Waals surface area contributed by atoms with E-state index in [4.69, 9.17) is 0 Å². The zero-order chi connectivity index (χ0) is 17.4. The van der Waals surface area contributed by atoms with Crippen LogP contribution in [-0.4, -0.2) is 25.2 Å². The van der Waals surface area contributed by atoms with Gasteiger partial charge in [-0.2, -0.15) is 0 Å². The molecular weight excluding hydrogens is 321 g/mol. The lowest BCUT2D eigenvalue weighted by Crippen LogP contribution is -1.91. The lowest BCUT2D eigenvalue weighted by molar-refractivity contribution is 0.432. The summed E-state index contributed by atoms with van der Waals surface area (Å²) in [5.41, 5.74) is 3.23. The number of hydrogen-bond donors (Lipinski definition) is 2. The second kappa shape index (κ2) is 5.83. The summed E-state index contributed by atoms with van der Waals surface area (Å²) in [6.07, 6.45) is 4.75. The summed E-state index contributed by atoms with van der Waals surface area (Å²) in [7, 11) is 0. The largest absolute Gasteiger partial charge is 0.508 e. The number of aromatic nitrogens is 3. The lowest BCUT2D eigenvalue weighted by Gasteiger charge is -2.10. The highest BCUT2D eigenvalue weighted by molar-refractivity contribution is 5.97. The van der Waals surface area contributed by atoms with Crippen LogP contribution in [0.4, 0.5) is 4.39 Å². The molecule has 0 amide bonds. The summed E-state index contributed by atoms with van der Waals surface area (Å²) in [5, 5.41) is 19.9. The average Bonchev–Trinajstić information content (AvgIpc) is 2.64. The molecule has 0 saturated carbocycles. The summed E-state index contributed by atoms with van der Waals surface area (Å²) >= 11 is 0. The van der Waals surface area contributed by atoms with Gasteiger partial charge in [-0.05, 0) is 48.0 Å². The predicted octanol–water partition coefficient (Wildman–Crippen LogP) is 3.91. The van der Waals surface area contributed by atoms with E-state index in [-0.39, 0.29) is 5.75 Å². The van der Waals surface area contributed by atoms with Gasteiger partial charge in [0.05, 0.1) is 11.2 Å². The van der Waals surface area contributed by atoms with Gasteiger partial charge in [-0.25, -0.2) is 19.3 Å². The van der Waals surface area contributed by atoms with E-state index in [1.165, 1.54) is 18.5 Å². The van der Waals surface area contributed by atoms with E-state index in [1.807, 2.05) is 0 Å². The Hall–Kier alpha value is -3.54. The van der Waals surface area contributed by atoms with Crippen molar-refractivity contribution < 1.29 is 14.6 Å². The zero-order valence-corrected chi connectivity index (χ0v) is 12.9. The quantitative estimate of drug-likeness (QED) is 0.581. The molecule has 0 radical (unpaired) electrons.